The molecule has 0 amide bonds. The number of Topliss-reactive ketones (excluding diaryl/α,β-unsaturated/α-hetero) is 1. The molecule has 0 N–H and O–H groups in total. The first-order valence-corrected chi connectivity index (χ1v) is 8.43. The van der Waals surface area contributed by atoms with E-state index < -0.39 is 18.2 Å². The molecule has 0 aliphatic carbocycles. The smallest absolute Gasteiger partial charge is 0.351 e. The second-order valence-corrected chi connectivity index (χ2v) is 6.17. The third kappa shape index (κ3) is 3.60. The Morgan fingerprint density at radius 3 is 2.67 bits per heavy atom. The van der Waals surface area contributed by atoms with Crippen molar-refractivity contribution in [1.29, 1.82) is 0 Å². The fourth-order valence-electron chi connectivity index (χ4n) is 2.98. The number of nitrogens with zero attached hydrogens (tertiary/aromatic N) is 1. The molecule has 0 aliphatic rings. The number of hydrogen-bond acceptors (Lipinski definition) is 5. The lowest BCUT2D eigenvalue weighted by Crippen LogP contribution is -2.20. The number of fused-ring (bicyclic) bond motifs is 1. The largest absolute Gasteiger partial charge is 0.453 e. The number of hydrogen-bond donors (Lipinski definition) is 0. The van der Waals surface area contributed by atoms with Crippen LogP contribution in [0.1, 0.15) is 32.1 Å². The van der Waals surface area contributed by atoms with E-state index in [4.69, 9.17) is 9.15 Å². The zero-order valence-corrected chi connectivity index (χ0v) is 15.2. The van der Waals surface area contributed by atoms with Crippen LogP contribution in [0.3, 0.4) is 0 Å². The first-order chi connectivity index (χ1) is 12.9. The molecule has 6 nitrogen and oxygen atoms in total. The van der Waals surface area contributed by atoms with Crippen LogP contribution in [0.4, 0.5) is 0 Å². The summed E-state index contributed by atoms with van der Waals surface area (Å²) >= 11 is 0. The lowest BCUT2D eigenvalue weighted by Gasteiger charge is -2.07. The molecule has 138 valence electrons. The molecule has 1 aromatic carbocycles. The van der Waals surface area contributed by atoms with Gasteiger partial charge in [-0.2, -0.15) is 0 Å². The second kappa shape index (κ2) is 7.45. The quantitative estimate of drug-likeness (QED) is 0.289. The number of benzene rings is 1. The van der Waals surface area contributed by atoms with Crippen LogP contribution in [0.25, 0.3) is 11.0 Å². The highest BCUT2D eigenvalue weighted by molar-refractivity contribution is 6.00. The molecule has 3 aromatic rings. The van der Waals surface area contributed by atoms with E-state index in [0.29, 0.717) is 23.1 Å². The van der Waals surface area contributed by atoms with Gasteiger partial charge in [-0.3, -0.25) is 4.79 Å². The number of ketones is 1. The van der Waals surface area contributed by atoms with Crippen LogP contribution in [0.5, 0.6) is 0 Å². The third-order valence-electron chi connectivity index (χ3n) is 4.38. The number of carbonyl (C=O) groups is 2. The lowest BCUT2D eigenvalue weighted by atomic mass is 10.1. The predicted octanol–water partition coefficient (Wildman–Crippen LogP) is 3.44. The molecular weight excluding hydrogens is 346 g/mol. The summed E-state index contributed by atoms with van der Waals surface area (Å²) < 4.78 is 12.1. The summed E-state index contributed by atoms with van der Waals surface area (Å²) in [6, 6.07) is 10.00. The van der Waals surface area contributed by atoms with E-state index in [1.165, 1.54) is 6.07 Å². The standard InChI is InChI=1S/C21H19NO5/c1-4-9-22-13(2)10-16(14(22)3)18(23)12-26-20(24)17-11-15-7-5-6-8-19(15)27-21(17)25/h4-8,10-11H,1,9,12H2,2-3H3. The average molecular weight is 365 g/mol. The topological polar surface area (TPSA) is 78.5 Å². The summed E-state index contributed by atoms with van der Waals surface area (Å²) in [6.07, 6.45) is 1.74. The van der Waals surface area contributed by atoms with E-state index in [2.05, 4.69) is 6.58 Å². The minimum atomic E-state index is -0.886. The van der Waals surface area contributed by atoms with Gasteiger partial charge in [0.15, 0.2) is 6.61 Å². The molecule has 6 heteroatoms. The van der Waals surface area contributed by atoms with Gasteiger partial charge < -0.3 is 13.7 Å². The van der Waals surface area contributed by atoms with E-state index >= 15 is 0 Å². The molecule has 2 aromatic heterocycles. The Morgan fingerprint density at radius 2 is 1.93 bits per heavy atom. The van der Waals surface area contributed by atoms with Crippen molar-refractivity contribution in [3.8, 4) is 0 Å². The maximum absolute atomic E-state index is 12.5. The molecule has 0 unspecified atom stereocenters. The Bertz CT molecular complexity index is 1100. The summed E-state index contributed by atoms with van der Waals surface area (Å²) in [7, 11) is 0. The Morgan fingerprint density at radius 1 is 1.19 bits per heavy atom. The molecule has 0 fully saturated rings. The van der Waals surface area contributed by atoms with Crippen molar-refractivity contribution >= 4 is 22.7 Å². The molecule has 0 bridgehead atoms. The van der Waals surface area contributed by atoms with Crippen molar-refractivity contribution in [2.24, 2.45) is 0 Å². The van der Waals surface area contributed by atoms with E-state index in [1.807, 2.05) is 18.4 Å². The van der Waals surface area contributed by atoms with Crippen LogP contribution in [-0.2, 0) is 11.3 Å². The monoisotopic (exact) mass is 365 g/mol. The number of carbonyl (C=O) groups excluding carboxylic acids is 2. The van der Waals surface area contributed by atoms with Crippen LogP contribution in [-0.4, -0.2) is 22.9 Å². The molecular formula is C21H19NO5. The minimum Gasteiger partial charge on any atom is -0.453 e. The Kier molecular flexibility index (Phi) is 5.07. The Balaban J connectivity index is 1.77. The zero-order valence-electron chi connectivity index (χ0n) is 15.2. The first-order valence-electron chi connectivity index (χ1n) is 8.43. The van der Waals surface area contributed by atoms with Crippen molar-refractivity contribution in [2.75, 3.05) is 6.61 Å². The van der Waals surface area contributed by atoms with Gasteiger partial charge in [0, 0.05) is 28.9 Å². The van der Waals surface area contributed by atoms with Gasteiger partial charge in [-0.15, -0.1) is 6.58 Å². The first kappa shape index (κ1) is 18.4. The van der Waals surface area contributed by atoms with E-state index in [-0.39, 0.29) is 11.3 Å². The van der Waals surface area contributed by atoms with Crippen molar-refractivity contribution in [3.05, 3.63) is 82.0 Å². The SMILES string of the molecule is C=CCn1c(C)cc(C(=O)COC(=O)c2cc3ccccc3oc2=O)c1C. The van der Waals surface area contributed by atoms with Gasteiger partial charge >= 0.3 is 11.6 Å². The number of rotatable bonds is 6. The molecule has 0 spiro atoms. The number of ether oxygens (including phenoxy) is 1. The Hall–Kier alpha value is -3.41. The summed E-state index contributed by atoms with van der Waals surface area (Å²) in [6.45, 7) is 7.54. The lowest BCUT2D eigenvalue weighted by molar-refractivity contribution is 0.0470. The van der Waals surface area contributed by atoms with Gasteiger partial charge in [0.2, 0.25) is 5.78 Å². The van der Waals surface area contributed by atoms with Crippen molar-refractivity contribution in [2.45, 2.75) is 20.4 Å². The summed E-state index contributed by atoms with van der Waals surface area (Å²) in [5.41, 5.74) is 1.52. The highest BCUT2D eigenvalue weighted by Gasteiger charge is 2.20. The molecule has 27 heavy (non-hydrogen) atoms. The maximum Gasteiger partial charge on any atom is 0.351 e. The van der Waals surface area contributed by atoms with E-state index in [1.54, 1.807) is 36.4 Å². The fraction of sp³-hybridized carbons (Fsp3) is 0.190. The third-order valence-corrected chi connectivity index (χ3v) is 4.38. The molecule has 0 aliphatic heterocycles. The summed E-state index contributed by atoms with van der Waals surface area (Å²) in [5.74, 6) is -1.22. The number of esters is 1. The predicted molar refractivity (Wildman–Crippen MR) is 101 cm³/mol. The van der Waals surface area contributed by atoms with Crippen LogP contribution in [0.15, 0.2) is 58.3 Å². The number of allylic oxidation sites excluding steroid dienone is 1. The van der Waals surface area contributed by atoms with Gasteiger partial charge in [0.1, 0.15) is 11.1 Å². The van der Waals surface area contributed by atoms with Crippen LogP contribution in [0.2, 0.25) is 0 Å². The highest BCUT2D eigenvalue weighted by atomic mass is 16.5. The van der Waals surface area contributed by atoms with Gasteiger partial charge in [-0.25, -0.2) is 9.59 Å². The van der Waals surface area contributed by atoms with E-state index in [9.17, 15) is 14.4 Å². The van der Waals surface area contributed by atoms with Crippen LogP contribution >= 0.6 is 0 Å². The van der Waals surface area contributed by atoms with Crippen LogP contribution < -0.4 is 5.63 Å². The average Bonchev–Trinajstić information content (AvgIpc) is 2.94. The van der Waals surface area contributed by atoms with E-state index in [0.717, 1.165) is 11.4 Å². The summed E-state index contributed by atoms with van der Waals surface area (Å²) in [4.78, 5) is 36.7. The highest BCUT2D eigenvalue weighted by Crippen LogP contribution is 2.17. The summed E-state index contributed by atoms with van der Waals surface area (Å²) in [5, 5.41) is 0.600. The molecule has 0 saturated carbocycles. The molecule has 0 radical (unpaired) electrons. The second-order valence-electron chi connectivity index (χ2n) is 6.17. The molecule has 3 rings (SSSR count). The van der Waals surface area contributed by atoms with Gasteiger partial charge in [0.05, 0.1) is 0 Å². The van der Waals surface area contributed by atoms with Crippen molar-refractivity contribution < 1.29 is 18.7 Å². The van der Waals surface area contributed by atoms with Crippen molar-refractivity contribution in [1.82, 2.24) is 4.57 Å². The fourth-order valence-corrected chi connectivity index (χ4v) is 2.98. The van der Waals surface area contributed by atoms with Gasteiger partial charge in [0.25, 0.3) is 0 Å². The molecule has 0 atom stereocenters. The van der Waals surface area contributed by atoms with Gasteiger partial charge in [-0.05, 0) is 32.0 Å². The normalized spacial score (nSPS) is 10.7. The zero-order chi connectivity index (χ0) is 19.6. The van der Waals surface area contributed by atoms with Crippen LogP contribution in [0, 0.1) is 13.8 Å². The van der Waals surface area contributed by atoms with Crippen molar-refractivity contribution in [3.63, 3.8) is 0 Å². The number of para-hydroxylation sites is 1. The molecule has 0 saturated heterocycles. The number of aryl methyl sites for hydroxylation is 1. The van der Waals surface area contributed by atoms with Gasteiger partial charge in [-0.1, -0.05) is 24.3 Å². The maximum atomic E-state index is 12.5. The minimum absolute atomic E-state index is 0.237. The number of aromatic nitrogens is 1. The molecule has 2 heterocycles. The Labute approximate surface area is 155 Å².